The number of carbonyl (C=O) groups is 2. The van der Waals surface area contributed by atoms with Crippen LogP contribution in [0, 0.1) is 0 Å². The van der Waals surface area contributed by atoms with Crippen molar-refractivity contribution in [1.82, 2.24) is 25.5 Å². The molecule has 4 aromatic carbocycles. The highest BCUT2D eigenvalue weighted by Gasteiger charge is 2.21. The Morgan fingerprint density at radius 1 is 0.769 bits per heavy atom. The fourth-order valence-corrected chi connectivity index (χ4v) is 4.10. The number of tetrazole rings is 1. The molecule has 0 bridgehead atoms. The first kappa shape index (κ1) is 25.3. The van der Waals surface area contributed by atoms with Crippen molar-refractivity contribution < 1.29 is 19.1 Å². The van der Waals surface area contributed by atoms with Crippen LogP contribution in [0.15, 0.2) is 103 Å². The summed E-state index contributed by atoms with van der Waals surface area (Å²) in [5, 5.41) is 13.8. The minimum atomic E-state index is -0.568. The van der Waals surface area contributed by atoms with Crippen LogP contribution in [0.4, 0.5) is 0 Å². The van der Waals surface area contributed by atoms with Crippen molar-refractivity contribution in [2.75, 3.05) is 7.11 Å². The molecule has 39 heavy (non-hydrogen) atoms. The van der Waals surface area contributed by atoms with E-state index in [9.17, 15) is 9.59 Å². The van der Waals surface area contributed by atoms with E-state index in [0.717, 1.165) is 16.9 Å². The molecule has 0 atom stereocenters. The van der Waals surface area contributed by atoms with Crippen LogP contribution in [0.5, 0.6) is 11.5 Å². The highest BCUT2D eigenvalue weighted by Crippen LogP contribution is 2.24. The maximum absolute atomic E-state index is 13.9. The van der Waals surface area contributed by atoms with E-state index in [0.29, 0.717) is 35.8 Å². The minimum absolute atomic E-state index is 0.219. The number of para-hydroxylation sites is 1. The van der Waals surface area contributed by atoms with Gasteiger partial charge in [0.25, 0.3) is 5.91 Å². The molecule has 0 aliphatic heterocycles. The maximum atomic E-state index is 13.9. The fraction of sp³-hybridized carbons (Fsp3) is 0.100. The number of carbonyl (C=O) groups excluding carboxylic acids is 2. The molecule has 194 valence electrons. The summed E-state index contributed by atoms with van der Waals surface area (Å²) in [4.78, 5) is 28.1. The Kier molecular flexibility index (Phi) is 7.68. The van der Waals surface area contributed by atoms with Crippen molar-refractivity contribution in [2.45, 2.75) is 13.1 Å². The second kappa shape index (κ2) is 11.8. The van der Waals surface area contributed by atoms with E-state index < -0.39 is 5.97 Å². The second-order valence-corrected chi connectivity index (χ2v) is 8.75. The molecule has 0 saturated heterocycles. The Labute approximate surface area is 225 Å². The van der Waals surface area contributed by atoms with Crippen LogP contribution in [-0.4, -0.2) is 44.5 Å². The standard InChI is InChI=1S/C30H25N5O4/c1-38-30(37)25-17-23(28-31-33-34-32-28)16-24(18-25)29(36)35(19-21-8-4-2-5-9-21)20-22-12-14-27(15-13-22)39-26-10-6-3-7-11-26/h2-18H,19-20H2,1H3,(H,31,32,33,34). The van der Waals surface area contributed by atoms with Gasteiger partial charge in [0.1, 0.15) is 11.5 Å². The number of aromatic nitrogens is 4. The van der Waals surface area contributed by atoms with Crippen LogP contribution < -0.4 is 4.74 Å². The quantitative estimate of drug-likeness (QED) is 0.264. The number of aromatic amines is 1. The van der Waals surface area contributed by atoms with Crippen LogP contribution in [0.25, 0.3) is 11.4 Å². The number of hydrogen-bond donors (Lipinski definition) is 1. The Balaban J connectivity index is 1.44. The Bertz CT molecular complexity index is 1540. The summed E-state index contributed by atoms with van der Waals surface area (Å²) in [7, 11) is 1.29. The van der Waals surface area contributed by atoms with E-state index >= 15 is 0 Å². The van der Waals surface area contributed by atoms with Gasteiger partial charge in [-0.05, 0) is 64.0 Å². The molecule has 0 aliphatic rings. The monoisotopic (exact) mass is 519 g/mol. The Morgan fingerprint density at radius 2 is 1.38 bits per heavy atom. The molecule has 1 N–H and O–H groups in total. The van der Waals surface area contributed by atoms with Crippen molar-refractivity contribution in [2.24, 2.45) is 0 Å². The molecule has 9 nitrogen and oxygen atoms in total. The van der Waals surface area contributed by atoms with Gasteiger partial charge in [-0.3, -0.25) is 4.79 Å². The van der Waals surface area contributed by atoms with Gasteiger partial charge in [-0.15, -0.1) is 5.10 Å². The average Bonchev–Trinajstić information content (AvgIpc) is 3.53. The molecular weight excluding hydrogens is 494 g/mol. The zero-order chi connectivity index (χ0) is 27.0. The predicted molar refractivity (Wildman–Crippen MR) is 144 cm³/mol. The predicted octanol–water partition coefficient (Wildman–Crippen LogP) is 5.29. The molecule has 1 aromatic heterocycles. The third-order valence-electron chi connectivity index (χ3n) is 6.00. The number of nitrogens with zero attached hydrogens (tertiary/aromatic N) is 4. The van der Waals surface area contributed by atoms with Crippen LogP contribution in [0.1, 0.15) is 31.8 Å². The summed E-state index contributed by atoms with van der Waals surface area (Å²) < 4.78 is 10.8. The SMILES string of the molecule is COC(=O)c1cc(C(=O)N(Cc2ccccc2)Cc2ccc(Oc3ccccc3)cc2)cc(-c2nnn[nH]2)c1. The summed E-state index contributed by atoms with van der Waals surface area (Å²) >= 11 is 0. The third kappa shape index (κ3) is 6.34. The largest absolute Gasteiger partial charge is 0.465 e. The first-order chi connectivity index (χ1) is 19.1. The number of esters is 1. The summed E-state index contributed by atoms with van der Waals surface area (Å²) in [6.45, 7) is 0.699. The molecule has 9 heteroatoms. The molecule has 5 aromatic rings. The van der Waals surface area contributed by atoms with E-state index in [2.05, 4.69) is 20.6 Å². The molecule has 1 heterocycles. The van der Waals surface area contributed by atoms with E-state index in [4.69, 9.17) is 9.47 Å². The molecule has 5 rings (SSSR count). The minimum Gasteiger partial charge on any atom is -0.465 e. The van der Waals surface area contributed by atoms with Gasteiger partial charge in [0, 0.05) is 24.2 Å². The smallest absolute Gasteiger partial charge is 0.337 e. The van der Waals surface area contributed by atoms with E-state index in [1.54, 1.807) is 17.0 Å². The third-order valence-corrected chi connectivity index (χ3v) is 6.00. The first-order valence-electron chi connectivity index (χ1n) is 12.2. The normalized spacial score (nSPS) is 10.6. The zero-order valence-corrected chi connectivity index (χ0v) is 21.2. The molecule has 0 fully saturated rings. The van der Waals surface area contributed by atoms with Crippen molar-refractivity contribution in [3.05, 3.63) is 125 Å². The number of rotatable bonds is 9. The molecule has 0 unspecified atom stereocenters. The molecular formula is C30H25N5O4. The van der Waals surface area contributed by atoms with Gasteiger partial charge in [0.05, 0.1) is 12.7 Å². The van der Waals surface area contributed by atoms with E-state index in [1.807, 2.05) is 84.9 Å². The summed E-state index contributed by atoms with van der Waals surface area (Å²) in [5.74, 6) is 0.944. The number of amides is 1. The van der Waals surface area contributed by atoms with Crippen molar-refractivity contribution in [3.63, 3.8) is 0 Å². The molecule has 1 amide bonds. The second-order valence-electron chi connectivity index (χ2n) is 8.75. The van der Waals surface area contributed by atoms with Crippen molar-refractivity contribution in [1.29, 1.82) is 0 Å². The Hall–Kier alpha value is -5.31. The number of ether oxygens (including phenoxy) is 2. The van der Waals surface area contributed by atoms with Crippen LogP contribution >= 0.6 is 0 Å². The summed E-state index contributed by atoms with van der Waals surface area (Å²) in [6, 6.07) is 31.6. The van der Waals surface area contributed by atoms with Gasteiger partial charge in [0.15, 0.2) is 5.82 Å². The average molecular weight is 520 g/mol. The number of hydrogen-bond acceptors (Lipinski definition) is 7. The Morgan fingerprint density at radius 3 is 2.03 bits per heavy atom. The number of benzene rings is 4. The van der Waals surface area contributed by atoms with Gasteiger partial charge >= 0.3 is 5.97 Å². The first-order valence-corrected chi connectivity index (χ1v) is 12.2. The van der Waals surface area contributed by atoms with Crippen LogP contribution in [0.3, 0.4) is 0 Å². The number of H-pyrrole nitrogens is 1. The topological polar surface area (TPSA) is 110 Å². The number of methoxy groups -OCH3 is 1. The fourth-order valence-electron chi connectivity index (χ4n) is 4.10. The zero-order valence-electron chi connectivity index (χ0n) is 21.2. The van der Waals surface area contributed by atoms with E-state index in [-0.39, 0.29) is 11.5 Å². The lowest BCUT2D eigenvalue weighted by Crippen LogP contribution is -2.30. The highest BCUT2D eigenvalue weighted by molar-refractivity contribution is 5.99. The van der Waals surface area contributed by atoms with Crippen molar-refractivity contribution in [3.8, 4) is 22.9 Å². The van der Waals surface area contributed by atoms with E-state index in [1.165, 1.54) is 13.2 Å². The van der Waals surface area contributed by atoms with Gasteiger partial charge in [-0.1, -0.05) is 60.7 Å². The van der Waals surface area contributed by atoms with Crippen LogP contribution in [-0.2, 0) is 17.8 Å². The molecule has 0 aliphatic carbocycles. The van der Waals surface area contributed by atoms with Gasteiger partial charge in [-0.25, -0.2) is 9.89 Å². The highest BCUT2D eigenvalue weighted by atomic mass is 16.5. The molecule has 0 saturated carbocycles. The lowest BCUT2D eigenvalue weighted by molar-refractivity contribution is 0.0600. The van der Waals surface area contributed by atoms with Crippen LogP contribution in [0.2, 0.25) is 0 Å². The summed E-state index contributed by atoms with van der Waals surface area (Å²) in [5.41, 5.74) is 2.91. The maximum Gasteiger partial charge on any atom is 0.337 e. The van der Waals surface area contributed by atoms with Gasteiger partial charge in [0.2, 0.25) is 0 Å². The van der Waals surface area contributed by atoms with Gasteiger partial charge < -0.3 is 14.4 Å². The van der Waals surface area contributed by atoms with Gasteiger partial charge in [-0.2, -0.15) is 0 Å². The molecule has 0 spiro atoms. The lowest BCUT2D eigenvalue weighted by Gasteiger charge is -2.24. The lowest BCUT2D eigenvalue weighted by atomic mass is 10.0. The summed E-state index contributed by atoms with van der Waals surface area (Å²) in [6.07, 6.45) is 0. The van der Waals surface area contributed by atoms with Crippen molar-refractivity contribution >= 4 is 11.9 Å². The molecule has 0 radical (unpaired) electrons. The number of nitrogens with one attached hydrogen (secondary N) is 1.